The van der Waals surface area contributed by atoms with Crippen LogP contribution >= 0.6 is 23.5 Å². The maximum absolute atomic E-state index is 11.1. The molecule has 1 saturated heterocycles. The fraction of sp³-hybridized carbons (Fsp3) is 1.00. The predicted molar refractivity (Wildman–Crippen MR) is 68.5 cm³/mol. The third kappa shape index (κ3) is 8.56. The fourth-order valence-electron chi connectivity index (χ4n) is 1.08. The molecule has 0 radical (unpaired) electrons. The van der Waals surface area contributed by atoms with Crippen LogP contribution in [0.2, 0.25) is 0 Å². The zero-order chi connectivity index (χ0) is 10.8. The molecule has 1 heterocycles. The summed E-state index contributed by atoms with van der Waals surface area (Å²) in [6.45, 7) is 1.07. The maximum atomic E-state index is 11.1. The van der Waals surface area contributed by atoms with Crippen LogP contribution in [-0.4, -0.2) is 40.4 Å². The summed E-state index contributed by atoms with van der Waals surface area (Å²) in [4.78, 5) is 0. The van der Waals surface area contributed by atoms with E-state index in [9.17, 15) is 4.21 Å². The Kier molecular flexibility index (Phi) is 9.18. The molecular weight excluding hydrogens is 252 g/mol. The lowest BCUT2D eigenvalue weighted by Crippen LogP contribution is -2.06. The Bertz CT molecular complexity index is 162. The fourth-order valence-corrected chi connectivity index (χ4v) is 3.58. The van der Waals surface area contributed by atoms with Crippen molar-refractivity contribution in [1.29, 1.82) is 0 Å². The Labute approximate surface area is 103 Å². The van der Waals surface area contributed by atoms with Gasteiger partial charge in [0.1, 0.15) is 0 Å². The predicted octanol–water partition coefficient (Wildman–Crippen LogP) is 2.25. The number of hydrogen-bond donors (Lipinski definition) is 0. The SMILES string of the molecule is O=S1OCCCSCCCSCCCO1. The first-order chi connectivity index (χ1) is 7.39. The summed E-state index contributed by atoms with van der Waals surface area (Å²) < 4.78 is 21.1. The molecule has 0 spiro atoms. The van der Waals surface area contributed by atoms with Crippen LogP contribution in [0.5, 0.6) is 0 Å². The second kappa shape index (κ2) is 9.96. The summed E-state index contributed by atoms with van der Waals surface area (Å²) >= 11 is 2.37. The van der Waals surface area contributed by atoms with Crippen molar-refractivity contribution in [3.63, 3.8) is 0 Å². The van der Waals surface area contributed by atoms with E-state index >= 15 is 0 Å². The minimum atomic E-state index is -1.53. The van der Waals surface area contributed by atoms with Crippen molar-refractivity contribution >= 4 is 34.9 Å². The van der Waals surface area contributed by atoms with E-state index < -0.39 is 11.4 Å². The number of hydrogen-bond acceptors (Lipinski definition) is 5. The monoisotopic (exact) mass is 270 g/mol. The molecule has 0 aromatic rings. The molecule has 0 amide bonds. The van der Waals surface area contributed by atoms with Crippen LogP contribution in [0.1, 0.15) is 19.3 Å². The van der Waals surface area contributed by atoms with Crippen LogP contribution < -0.4 is 0 Å². The largest absolute Gasteiger partial charge is 0.304 e. The van der Waals surface area contributed by atoms with Gasteiger partial charge in [-0.1, -0.05) is 0 Å². The van der Waals surface area contributed by atoms with Crippen LogP contribution in [0, 0.1) is 0 Å². The smallest absolute Gasteiger partial charge is 0.268 e. The van der Waals surface area contributed by atoms with Gasteiger partial charge in [0.05, 0.1) is 13.2 Å². The second-order valence-corrected chi connectivity index (χ2v) is 6.46. The molecule has 0 N–H and O–H groups in total. The molecular formula is C9H18O3S3. The Morgan fingerprint density at radius 1 is 0.800 bits per heavy atom. The van der Waals surface area contributed by atoms with Crippen molar-refractivity contribution in [2.24, 2.45) is 0 Å². The van der Waals surface area contributed by atoms with Gasteiger partial charge in [0.15, 0.2) is 0 Å². The highest BCUT2D eigenvalue weighted by atomic mass is 32.2. The van der Waals surface area contributed by atoms with Crippen LogP contribution in [-0.2, 0) is 19.7 Å². The first-order valence-electron chi connectivity index (χ1n) is 5.23. The van der Waals surface area contributed by atoms with Crippen molar-refractivity contribution in [3.8, 4) is 0 Å². The highest BCUT2D eigenvalue weighted by molar-refractivity contribution is 8.00. The van der Waals surface area contributed by atoms with Crippen molar-refractivity contribution in [2.75, 3.05) is 36.2 Å². The molecule has 6 heteroatoms. The van der Waals surface area contributed by atoms with Gasteiger partial charge in [0.2, 0.25) is 0 Å². The Balaban J connectivity index is 2.13. The van der Waals surface area contributed by atoms with Gasteiger partial charge in [-0.25, -0.2) is 0 Å². The number of thioether (sulfide) groups is 2. The standard InChI is InChI=1S/C9H18O3S3/c10-15-11-4-1-6-13-8-3-9-14-7-2-5-12-15/h1-9H2. The molecule has 3 nitrogen and oxygen atoms in total. The maximum Gasteiger partial charge on any atom is 0.304 e. The van der Waals surface area contributed by atoms with Crippen molar-refractivity contribution in [3.05, 3.63) is 0 Å². The average Bonchev–Trinajstić information content (AvgIpc) is 2.24. The van der Waals surface area contributed by atoms with E-state index in [2.05, 4.69) is 0 Å². The molecule has 1 rings (SSSR count). The molecule has 0 unspecified atom stereocenters. The van der Waals surface area contributed by atoms with E-state index in [1.165, 1.54) is 17.9 Å². The normalized spacial score (nSPS) is 24.5. The Morgan fingerprint density at radius 3 is 1.80 bits per heavy atom. The first kappa shape index (κ1) is 13.8. The molecule has 0 bridgehead atoms. The van der Waals surface area contributed by atoms with Crippen LogP contribution in [0.3, 0.4) is 0 Å². The summed E-state index contributed by atoms with van der Waals surface area (Å²) in [6.07, 6.45) is 3.18. The van der Waals surface area contributed by atoms with Crippen molar-refractivity contribution < 1.29 is 12.6 Å². The van der Waals surface area contributed by atoms with Crippen LogP contribution in [0.15, 0.2) is 0 Å². The molecule has 1 aliphatic rings. The minimum absolute atomic E-state index is 0.536. The van der Waals surface area contributed by atoms with Crippen LogP contribution in [0.4, 0.5) is 0 Å². The molecule has 0 atom stereocenters. The van der Waals surface area contributed by atoms with Gasteiger partial charge in [-0.05, 0) is 42.3 Å². The highest BCUT2D eigenvalue weighted by Crippen LogP contribution is 2.11. The summed E-state index contributed by atoms with van der Waals surface area (Å²) in [5, 5.41) is 0. The van der Waals surface area contributed by atoms with Crippen LogP contribution in [0.25, 0.3) is 0 Å². The number of rotatable bonds is 0. The molecule has 0 aliphatic carbocycles. The Morgan fingerprint density at radius 2 is 1.27 bits per heavy atom. The zero-order valence-corrected chi connectivity index (χ0v) is 11.3. The molecule has 1 fully saturated rings. The molecule has 1 aliphatic heterocycles. The van der Waals surface area contributed by atoms with E-state index in [1.54, 1.807) is 0 Å². The molecule has 0 aromatic heterocycles. The molecule has 0 aromatic carbocycles. The van der Waals surface area contributed by atoms with Gasteiger partial charge < -0.3 is 0 Å². The topological polar surface area (TPSA) is 35.5 Å². The van der Waals surface area contributed by atoms with E-state index in [0.29, 0.717) is 13.2 Å². The highest BCUT2D eigenvalue weighted by Gasteiger charge is 2.02. The average molecular weight is 270 g/mol. The third-order valence-corrected chi connectivity index (χ3v) is 4.83. The van der Waals surface area contributed by atoms with Gasteiger partial charge >= 0.3 is 11.4 Å². The van der Waals surface area contributed by atoms with Gasteiger partial charge in [-0.15, -0.1) is 0 Å². The summed E-state index contributed by atoms with van der Waals surface area (Å²) in [6, 6.07) is 0. The lowest BCUT2D eigenvalue weighted by molar-refractivity contribution is 0.251. The third-order valence-electron chi connectivity index (χ3n) is 1.80. The van der Waals surface area contributed by atoms with E-state index in [1.807, 2.05) is 23.5 Å². The lowest BCUT2D eigenvalue weighted by atomic mass is 10.5. The summed E-state index contributed by atoms with van der Waals surface area (Å²) in [5.74, 6) is 4.63. The van der Waals surface area contributed by atoms with Gasteiger partial charge in [-0.3, -0.25) is 8.37 Å². The molecule has 0 saturated carbocycles. The quantitative estimate of drug-likeness (QED) is 0.674. The second-order valence-electron chi connectivity index (χ2n) is 3.13. The van der Waals surface area contributed by atoms with Gasteiger partial charge in [-0.2, -0.15) is 27.7 Å². The Hall–Kier alpha value is 0.770. The van der Waals surface area contributed by atoms with Crippen molar-refractivity contribution in [2.45, 2.75) is 19.3 Å². The molecule has 15 heavy (non-hydrogen) atoms. The van der Waals surface area contributed by atoms with Gasteiger partial charge in [0, 0.05) is 0 Å². The zero-order valence-electron chi connectivity index (χ0n) is 8.81. The minimum Gasteiger partial charge on any atom is -0.268 e. The van der Waals surface area contributed by atoms with Crippen molar-refractivity contribution in [1.82, 2.24) is 0 Å². The summed E-state index contributed by atoms with van der Waals surface area (Å²) in [7, 11) is 0. The van der Waals surface area contributed by atoms with Gasteiger partial charge in [0.25, 0.3) is 0 Å². The molecule has 90 valence electrons. The summed E-state index contributed by atoms with van der Waals surface area (Å²) in [5.41, 5.74) is 0. The van der Waals surface area contributed by atoms with E-state index in [0.717, 1.165) is 24.3 Å². The van der Waals surface area contributed by atoms with E-state index in [-0.39, 0.29) is 0 Å². The van der Waals surface area contributed by atoms with E-state index in [4.69, 9.17) is 8.37 Å². The first-order valence-corrected chi connectivity index (χ1v) is 8.54. The lowest BCUT2D eigenvalue weighted by Gasteiger charge is -2.06.